The molecule has 0 saturated heterocycles. The molecule has 0 spiro atoms. The van der Waals surface area contributed by atoms with Crippen molar-refractivity contribution in [2.75, 3.05) is 5.73 Å². The van der Waals surface area contributed by atoms with Crippen molar-refractivity contribution in [3.05, 3.63) is 52.0 Å². The summed E-state index contributed by atoms with van der Waals surface area (Å²) in [5, 5.41) is 4.78. The van der Waals surface area contributed by atoms with Crippen molar-refractivity contribution in [3.8, 4) is 22.8 Å². The Balaban J connectivity index is 2.09. The summed E-state index contributed by atoms with van der Waals surface area (Å²) in [4.78, 5) is 4.35. The van der Waals surface area contributed by atoms with Gasteiger partial charge < -0.3 is 10.3 Å². The summed E-state index contributed by atoms with van der Waals surface area (Å²) in [6, 6.07) is 11.1. The van der Waals surface area contributed by atoms with E-state index in [9.17, 15) is 0 Å². The first-order valence-electron chi connectivity index (χ1n) is 6.21. The first-order chi connectivity index (χ1) is 10.1. The van der Waals surface area contributed by atoms with E-state index in [2.05, 4.69) is 10.1 Å². The standard InChI is InChI=1S/C15H11Cl2N3O/c1-8-3-2-4-9(7-8)14-19-15(21-20-14)12-10(16)5-6-11(17)13(12)18/h2-7H,18H2,1H3. The van der Waals surface area contributed by atoms with Gasteiger partial charge in [-0.15, -0.1) is 0 Å². The molecule has 0 unspecified atom stereocenters. The van der Waals surface area contributed by atoms with Crippen molar-refractivity contribution in [3.63, 3.8) is 0 Å². The van der Waals surface area contributed by atoms with Crippen molar-refractivity contribution in [2.24, 2.45) is 0 Å². The highest BCUT2D eigenvalue weighted by Crippen LogP contribution is 2.37. The normalized spacial score (nSPS) is 10.8. The molecule has 0 atom stereocenters. The number of aromatic nitrogens is 2. The van der Waals surface area contributed by atoms with Crippen LogP contribution < -0.4 is 5.73 Å². The van der Waals surface area contributed by atoms with E-state index in [-0.39, 0.29) is 5.89 Å². The summed E-state index contributed by atoms with van der Waals surface area (Å²) in [5.41, 5.74) is 8.69. The van der Waals surface area contributed by atoms with Gasteiger partial charge in [0.25, 0.3) is 5.89 Å². The monoisotopic (exact) mass is 319 g/mol. The fraction of sp³-hybridized carbons (Fsp3) is 0.0667. The lowest BCUT2D eigenvalue weighted by atomic mass is 10.1. The number of anilines is 1. The molecule has 0 radical (unpaired) electrons. The third kappa shape index (κ3) is 2.60. The maximum Gasteiger partial charge on any atom is 0.261 e. The van der Waals surface area contributed by atoms with Crippen LogP contribution in [0.1, 0.15) is 5.56 Å². The first kappa shape index (κ1) is 13.9. The maximum atomic E-state index is 6.15. The Labute approximate surface area is 131 Å². The van der Waals surface area contributed by atoms with Crippen LogP contribution in [-0.4, -0.2) is 10.1 Å². The van der Waals surface area contributed by atoms with Crippen molar-refractivity contribution >= 4 is 28.9 Å². The van der Waals surface area contributed by atoms with Crippen LogP contribution in [0.15, 0.2) is 40.9 Å². The van der Waals surface area contributed by atoms with Crippen LogP contribution >= 0.6 is 23.2 Å². The number of rotatable bonds is 2. The highest BCUT2D eigenvalue weighted by molar-refractivity contribution is 6.37. The van der Waals surface area contributed by atoms with Crippen molar-refractivity contribution < 1.29 is 4.52 Å². The van der Waals surface area contributed by atoms with E-state index >= 15 is 0 Å². The number of nitrogens with two attached hydrogens (primary N) is 1. The minimum Gasteiger partial charge on any atom is -0.397 e. The zero-order valence-corrected chi connectivity index (χ0v) is 12.6. The number of halogens is 2. The summed E-state index contributed by atoms with van der Waals surface area (Å²) in [5.74, 6) is 0.723. The molecule has 0 amide bonds. The fourth-order valence-electron chi connectivity index (χ4n) is 2.01. The van der Waals surface area contributed by atoms with Crippen LogP contribution in [0.4, 0.5) is 5.69 Å². The first-order valence-corrected chi connectivity index (χ1v) is 6.96. The zero-order chi connectivity index (χ0) is 15.0. The Kier molecular flexibility index (Phi) is 3.57. The molecule has 4 nitrogen and oxygen atoms in total. The Bertz CT molecular complexity index is 814. The lowest BCUT2D eigenvalue weighted by Gasteiger charge is -2.04. The molecular weight excluding hydrogens is 309 g/mol. The third-order valence-electron chi connectivity index (χ3n) is 3.06. The van der Waals surface area contributed by atoms with Crippen molar-refractivity contribution in [1.82, 2.24) is 10.1 Å². The van der Waals surface area contributed by atoms with Crippen LogP contribution in [0.5, 0.6) is 0 Å². The van der Waals surface area contributed by atoms with Gasteiger partial charge in [0.15, 0.2) is 0 Å². The van der Waals surface area contributed by atoms with Gasteiger partial charge in [-0.05, 0) is 25.1 Å². The maximum absolute atomic E-state index is 6.15. The SMILES string of the molecule is Cc1cccc(-c2noc(-c3c(Cl)ccc(Cl)c3N)n2)c1. The number of hydrogen-bond acceptors (Lipinski definition) is 4. The molecule has 1 heterocycles. The number of aryl methyl sites for hydroxylation is 1. The van der Waals surface area contributed by atoms with Gasteiger partial charge in [0.05, 0.1) is 21.3 Å². The average Bonchev–Trinajstić information content (AvgIpc) is 2.93. The second kappa shape index (κ2) is 5.39. The van der Waals surface area contributed by atoms with Gasteiger partial charge in [0.1, 0.15) is 0 Å². The zero-order valence-electron chi connectivity index (χ0n) is 11.1. The topological polar surface area (TPSA) is 64.9 Å². The number of nitrogens with zero attached hydrogens (tertiary/aromatic N) is 2. The van der Waals surface area contributed by atoms with E-state index in [0.717, 1.165) is 11.1 Å². The summed E-state index contributed by atoms with van der Waals surface area (Å²) < 4.78 is 5.28. The molecule has 0 fully saturated rings. The average molecular weight is 320 g/mol. The molecule has 3 rings (SSSR count). The van der Waals surface area contributed by atoms with E-state index in [0.29, 0.717) is 27.1 Å². The Morgan fingerprint density at radius 2 is 1.86 bits per heavy atom. The van der Waals surface area contributed by atoms with Gasteiger partial charge in [-0.25, -0.2) is 0 Å². The molecule has 106 valence electrons. The van der Waals surface area contributed by atoms with Crippen molar-refractivity contribution in [1.29, 1.82) is 0 Å². The molecule has 2 aromatic carbocycles. The summed E-state index contributed by atoms with van der Waals surface area (Å²) >= 11 is 12.2. The van der Waals surface area contributed by atoms with Crippen LogP contribution in [0.2, 0.25) is 10.0 Å². The second-order valence-corrected chi connectivity index (χ2v) is 5.42. The van der Waals surface area contributed by atoms with Crippen LogP contribution in [0, 0.1) is 6.92 Å². The molecule has 0 aliphatic rings. The van der Waals surface area contributed by atoms with Gasteiger partial charge >= 0.3 is 0 Å². The minimum atomic E-state index is 0.247. The molecule has 0 saturated carbocycles. The smallest absolute Gasteiger partial charge is 0.261 e. The largest absolute Gasteiger partial charge is 0.397 e. The van der Waals surface area contributed by atoms with E-state index in [1.165, 1.54) is 0 Å². The highest BCUT2D eigenvalue weighted by Gasteiger charge is 2.18. The minimum absolute atomic E-state index is 0.247. The Morgan fingerprint density at radius 1 is 1.10 bits per heavy atom. The predicted molar refractivity (Wildman–Crippen MR) is 84.3 cm³/mol. The number of benzene rings is 2. The summed E-state index contributed by atoms with van der Waals surface area (Å²) in [6.45, 7) is 2.00. The highest BCUT2D eigenvalue weighted by atomic mass is 35.5. The summed E-state index contributed by atoms with van der Waals surface area (Å²) in [6.07, 6.45) is 0. The van der Waals surface area contributed by atoms with Gasteiger partial charge in [-0.1, -0.05) is 52.1 Å². The fourth-order valence-corrected chi connectivity index (χ4v) is 2.41. The van der Waals surface area contributed by atoms with Gasteiger partial charge in [0, 0.05) is 5.56 Å². The molecule has 2 N–H and O–H groups in total. The molecule has 1 aromatic heterocycles. The third-order valence-corrected chi connectivity index (χ3v) is 3.70. The van der Waals surface area contributed by atoms with Crippen LogP contribution in [0.3, 0.4) is 0 Å². The van der Waals surface area contributed by atoms with Gasteiger partial charge in [-0.2, -0.15) is 4.98 Å². The molecule has 6 heteroatoms. The molecule has 0 bridgehead atoms. The number of nitrogen functional groups attached to an aromatic ring is 1. The Hall–Kier alpha value is -2.04. The lowest BCUT2D eigenvalue weighted by Crippen LogP contribution is -1.92. The van der Waals surface area contributed by atoms with E-state index in [1.807, 2.05) is 31.2 Å². The quantitative estimate of drug-likeness (QED) is 0.701. The van der Waals surface area contributed by atoms with Gasteiger partial charge in [0.2, 0.25) is 5.82 Å². The van der Waals surface area contributed by atoms with Crippen molar-refractivity contribution in [2.45, 2.75) is 6.92 Å². The molecule has 0 aliphatic carbocycles. The van der Waals surface area contributed by atoms with E-state index in [4.69, 9.17) is 33.5 Å². The van der Waals surface area contributed by atoms with Gasteiger partial charge in [-0.3, -0.25) is 0 Å². The second-order valence-electron chi connectivity index (χ2n) is 4.61. The molecular formula is C15H11Cl2N3O. The predicted octanol–water partition coefficient (Wildman–Crippen LogP) is 4.60. The van der Waals surface area contributed by atoms with E-state index in [1.54, 1.807) is 12.1 Å². The lowest BCUT2D eigenvalue weighted by molar-refractivity contribution is 0.432. The molecule has 0 aliphatic heterocycles. The van der Waals surface area contributed by atoms with Crippen LogP contribution in [-0.2, 0) is 0 Å². The Morgan fingerprint density at radius 3 is 2.62 bits per heavy atom. The summed E-state index contributed by atoms with van der Waals surface area (Å²) in [7, 11) is 0. The van der Waals surface area contributed by atoms with Crippen LogP contribution in [0.25, 0.3) is 22.8 Å². The molecule has 3 aromatic rings. The number of hydrogen-bond donors (Lipinski definition) is 1. The molecule has 21 heavy (non-hydrogen) atoms. The van der Waals surface area contributed by atoms with E-state index < -0.39 is 0 Å².